The van der Waals surface area contributed by atoms with Gasteiger partial charge >= 0.3 is 0 Å². The summed E-state index contributed by atoms with van der Waals surface area (Å²) in [7, 11) is -3.67. The number of ether oxygens (including phenoxy) is 1. The predicted octanol–water partition coefficient (Wildman–Crippen LogP) is 3.64. The monoisotopic (exact) mass is 393 g/mol. The summed E-state index contributed by atoms with van der Waals surface area (Å²) in [5, 5.41) is 2.10. The normalized spacial score (nSPS) is 23.9. The standard InChI is InChI=1S/C18H23N3O3S2/c1-13-4-2-3-9-21(13)16-7-10-24-17-12-14(5-6-15(16)17)26(22,23)20-18-19-8-11-25-18/h5-6,8,11-13,16H,2-4,7,9-10H2,1H3,(H,19,20)/t13-,16-/m1/s1. The zero-order chi connectivity index (χ0) is 18.1. The Balaban J connectivity index is 1.62. The molecular formula is C18H23N3O3S2. The minimum absolute atomic E-state index is 0.207. The van der Waals surface area contributed by atoms with Gasteiger partial charge in [-0.25, -0.2) is 13.4 Å². The fourth-order valence-corrected chi connectivity index (χ4v) is 5.70. The fraction of sp³-hybridized carbons (Fsp3) is 0.500. The second-order valence-electron chi connectivity index (χ2n) is 6.88. The van der Waals surface area contributed by atoms with Crippen LogP contribution in [0, 0.1) is 0 Å². The van der Waals surface area contributed by atoms with E-state index in [2.05, 4.69) is 21.5 Å². The molecule has 26 heavy (non-hydrogen) atoms. The van der Waals surface area contributed by atoms with Gasteiger partial charge in [-0.15, -0.1) is 11.3 Å². The quantitative estimate of drug-likeness (QED) is 0.859. The molecule has 0 bridgehead atoms. The molecule has 2 aliphatic rings. The molecule has 0 aliphatic carbocycles. The van der Waals surface area contributed by atoms with Crippen LogP contribution in [0.25, 0.3) is 0 Å². The van der Waals surface area contributed by atoms with Gasteiger partial charge in [0.2, 0.25) is 0 Å². The Morgan fingerprint density at radius 3 is 2.96 bits per heavy atom. The number of hydrogen-bond donors (Lipinski definition) is 1. The number of likely N-dealkylation sites (tertiary alicyclic amines) is 1. The molecule has 2 aliphatic heterocycles. The van der Waals surface area contributed by atoms with E-state index in [4.69, 9.17) is 4.74 Å². The van der Waals surface area contributed by atoms with Crippen LogP contribution in [-0.4, -0.2) is 37.5 Å². The zero-order valence-electron chi connectivity index (χ0n) is 14.7. The van der Waals surface area contributed by atoms with E-state index in [0.29, 0.717) is 29.6 Å². The van der Waals surface area contributed by atoms with Crippen LogP contribution in [0.3, 0.4) is 0 Å². The predicted molar refractivity (Wildman–Crippen MR) is 102 cm³/mol. The molecule has 1 aromatic carbocycles. The molecule has 6 nitrogen and oxygen atoms in total. The van der Waals surface area contributed by atoms with Crippen molar-refractivity contribution in [1.29, 1.82) is 0 Å². The van der Waals surface area contributed by atoms with Gasteiger partial charge in [-0.05, 0) is 32.4 Å². The third-order valence-electron chi connectivity index (χ3n) is 5.21. The maximum absolute atomic E-state index is 12.6. The molecule has 1 fully saturated rings. The largest absolute Gasteiger partial charge is 0.493 e. The number of hydrogen-bond acceptors (Lipinski definition) is 6. The SMILES string of the molecule is C[C@@H]1CCCCN1[C@@H]1CCOc2cc(S(=O)(=O)Nc3nccs3)ccc21. The van der Waals surface area contributed by atoms with Gasteiger partial charge in [-0.1, -0.05) is 12.5 Å². The molecule has 8 heteroatoms. The number of nitrogens with one attached hydrogen (secondary N) is 1. The molecule has 1 N–H and O–H groups in total. The van der Waals surface area contributed by atoms with Gasteiger partial charge in [0.1, 0.15) is 5.75 Å². The lowest BCUT2D eigenvalue weighted by atomic mass is 9.93. The van der Waals surface area contributed by atoms with Crippen molar-refractivity contribution in [3.8, 4) is 5.75 Å². The number of benzene rings is 1. The van der Waals surface area contributed by atoms with Crippen LogP contribution in [0.2, 0.25) is 0 Å². The highest BCUT2D eigenvalue weighted by molar-refractivity contribution is 7.93. The number of aromatic nitrogens is 1. The van der Waals surface area contributed by atoms with E-state index in [9.17, 15) is 8.42 Å². The first-order valence-corrected chi connectivity index (χ1v) is 11.4. The molecule has 4 rings (SSSR count). The summed E-state index contributed by atoms with van der Waals surface area (Å²) in [5.41, 5.74) is 1.10. The van der Waals surface area contributed by atoms with Crippen molar-refractivity contribution >= 4 is 26.5 Å². The smallest absolute Gasteiger partial charge is 0.263 e. The topological polar surface area (TPSA) is 71.5 Å². The first kappa shape index (κ1) is 17.8. The number of fused-ring (bicyclic) bond motifs is 1. The number of sulfonamides is 1. The minimum Gasteiger partial charge on any atom is -0.493 e. The Hall–Kier alpha value is -1.64. The fourth-order valence-electron chi connectivity index (χ4n) is 3.89. The van der Waals surface area contributed by atoms with Crippen LogP contribution in [-0.2, 0) is 10.0 Å². The van der Waals surface area contributed by atoms with Crippen molar-refractivity contribution < 1.29 is 13.2 Å². The Bertz CT molecular complexity index is 868. The zero-order valence-corrected chi connectivity index (χ0v) is 16.4. The summed E-state index contributed by atoms with van der Waals surface area (Å²) in [6.45, 7) is 3.99. The van der Waals surface area contributed by atoms with Crippen LogP contribution in [0.15, 0.2) is 34.7 Å². The van der Waals surface area contributed by atoms with Gasteiger partial charge < -0.3 is 4.74 Å². The van der Waals surface area contributed by atoms with Crippen molar-refractivity contribution in [2.45, 2.75) is 49.6 Å². The van der Waals surface area contributed by atoms with E-state index in [-0.39, 0.29) is 4.90 Å². The lowest BCUT2D eigenvalue weighted by Gasteiger charge is -2.42. The summed E-state index contributed by atoms with van der Waals surface area (Å²) < 4.78 is 33.6. The van der Waals surface area contributed by atoms with E-state index in [1.807, 2.05) is 6.07 Å². The summed E-state index contributed by atoms with van der Waals surface area (Å²) in [4.78, 5) is 6.74. The molecule has 3 heterocycles. The summed E-state index contributed by atoms with van der Waals surface area (Å²) in [6.07, 6.45) is 6.25. The van der Waals surface area contributed by atoms with Gasteiger partial charge in [0.05, 0.1) is 11.5 Å². The molecule has 2 atom stereocenters. The molecule has 0 radical (unpaired) electrons. The molecule has 0 amide bonds. The van der Waals surface area contributed by atoms with Crippen molar-refractivity contribution in [3.63, 3.8) is 0 Å². The summed E-state index contributed by atoms with van der Waals surface area (Å²) >= 11 is 1.25. The number of nitrogens with zero attached hydrogens (tertiary/aromatic N) is 2. The number of anilines is 1. The van der Waals surface area contributed by atoms with Crippen LogP contribution in [0.1, 0.15) is 44.2 Å². The Morgan fingerprint density at radius 1 is 1.31 bits per heavy atom. The average molecular weight is 394 g/mol. The summed E-state index contributed by atoms with van der Waals surface area (Å²) in [5.74, 6) is 0.682. The van der Waals surface area contributed by atoms with Crippen molar-refractivity contribution in [2.24, 2.45) is 0 Å². The molecule has 0 saturated carbocycles. The first-order valence-electron chi connectivity index (χ1n) is 8.99. The van der Waals surface area contributed by atoms with E-state index in [1.165, 1.54) is 30.6 Å². The highest BCUT2D eigenvalue weighted by Gasteiger charge is 2.32. The highest BCUT2D eigenvalue weighted by Crippen LogP contribution is 2.40. The highest BCUT2D eigenvalue weighted by atomic mass is 32.2. The molecule has 140 valence electrons. The van der Waals surface area contributed by atoms with E-state index in [0.717, 1.165) is 18.5 Å². The minimum atomic E-state index is -3.67. The number of piperidine rings is 1. The lowest BCUT2D eigenvalue weighted by molar-refractivity contribution is 0.0759. The van der Waals surface area contributed by atoms with Gasteiger partial charge in [0.15, 0.2) is 5.13 Å². The van der Waals surface area contributed by atoms with Gasteiger partial charge in [-0.2, -0.15) is 0 Å². The second-order valence-corrected chi connectivity index (χ2v) is 9.45. The Kier molecular flexibility index (Phi) is 4.90. The van der Waals surface area contributed by atoms with Crippen LogP contribution >= 0.6 is 11.3 Å². The van der Waals surface area contributed by atoms with E-state index < -0.39 is 10.0 Å². The van der Waals surface area contributed by atoms with Crippen molar-refractivity contribution in [3.05, 3.63) is 35.3 Å². The van der Waals surface area contributed by atoms with Gasteiger partial charge in [0, 0.05) is 41.7 Å². The van der Waals surface area contributed by atoms with E-state index in [1.54, 1.807) is 23.7 Å². The van der Waals surface area contributed by atoms with Crippen molar-refractivity contribution in [2.75, 3.05) is 17.9 Å². The third-order valence-corrected chi connectivity index (χ3v) is 7.37. The average Bonchev–Trinajstić information content (AvgIpc) is 3.13. The lowest BCUT2D eigenvalue weighted by Crippen LogP contribution is -2.42. The van der Waals surface area contributed by atoms with E-state index >= 15 is 0 Å². The molecule has 2 aromatic rings. The van der Waals surface area contributed by atoms with Gasteiger partial charge in [-0.3, -0.25) is 9.62 Å². The first-order chi connectivity index (χ1) is 12.5. The number of thiazole rings is 1. The van der Waals surface area contributed by atoms with Gasteiger partial charge in [0.25, 0.3) is 10.0 Å². The Labute approximate surface area is 158 Å². The maximum atomic E-state index is 12.6. The molecule has 1 saturated heterocycles. The van der Waals surface area contributed by atoms with Crippen LogP contribution in [0.4, 0.5) is 5.13 Å². The van der Waals surface area contributed by atoms with Crippen LogP contribution in [0.5, 0.6) is 5.75 Å². The summed E-state index contributed by atoms with van der Waals surface area (Å²) in [6, 6.07) is 6.08. The molecule has 0 unspecified atom stereocenters. The third kappa shape index (κ3) is 3.45. The maximum Gasteiger partial charge on any atom is 0.263 e. The van der Waals surface area contributed by atoms with Crippen molar-refractivity contribution in [1.82, 2.24) is 9.88 Å². The number of rotatable bonds is 4. The molecule has 0 spiro atoms. The van der Waals surface area contributed by atoms with Crippen LogP contribution < -0.4 is 9.46 Å². The Morgan fingerprint density at radius 2 is 2.19 bits per heavy atom. The molecule has 1 aromatic heterocycles. The molecular weight excluding hydrogens is 370 g/mol. The second kappa shape index (κ2) is 7.17.